The average Bonchev–Trinajstić information content (AvgIpc) is 2.41. The van der Waals surface area contributed by atoms with Gasteiger partial charge in [0.25, 0.3) is 0 Å². The van der Waals surface area contributed by atoms with Crippen molar-refractivity contribution in [2.75, 3.05) is 13.1 Å². The van der Waals surface area contributed by atoms with Gasteiger partial charge in [-0.05, 0) is 50.3 Å². The number of pyridine rings is 1. The molecule has 4 atom stereocenters. The lowest BCUT2D eigenvalue weighted by Gasteiger charge is -2.39. The zero-order chi connectivity index (χ0) is 15.4. The molecule has 118 valence electrons. The Morgan fingerprint density at radius 1 is 1.29 bits per heavy atom. The van der Waals surface area contributed by atoms with Gasteiger partial charge in [0.05, 0.1) is 11.8 Å². The summed E-state index contributed by atoms with van der Waals surface area (Å²) < 4.78 is 0. The standard InChI is InChI=1S/C18H30N2O/c1-5-20(11-16-8-6-7-15(4)19-16)12-17-14(3)9-13(2)10-18(17)21/h6-8,13-14,17-18,21H,5,9-12H2,1-4H3. The van der Waals surface area contributed by atoms with Crippen molar-refractivity contribution in [2.24, 2.45) is 17.8 Å². The van der Waals surface area contributed by atoms with Crippen LogP contribution in [0.2, 0.25) is 0 Å². The summed E-state index contributed by atoms with van der Waals surface area (Å²) in [6.45, 7) is 11.6. The third-order valence-corrected chi connectivity index (χ3v) is 4.89. The van der Waals surface area contributed by atoms with Crippen LogP contribution in [0.1, 0.15) is 45.0 Å². The Morgan fingerprint density at radius 2 is 2.05 bits per heavy atom. The molecular weight excluding hydrogens is 260 g/mol. The summed E-state index contributed by atoms with van der Waals surface area (Å²) in [6.07, 6.45) is 2.04. The van der Waals surface area contributed by atoms with E-state index in [0.717, 1.165) is 37.4 Å². The molecule has 0 spiro atoms. The molecular formula is C18H30N2O. The molecule has 3 nitrogen and oxygen atoms in total. The molecule has 0 aromatic carbocycles. The summed E-state index contributed by atoms with van der Waals surface area (Å²) in [5, 5.41) is 10.4. The summed E-state index contributed by atoms with van der Waals surface area (Å²) in [4.78, 5) is 7.02. The van der Waals surface area contributed by atoms with Crippen LogP contribution in [0.5, 0.6) is 0 Å². The van der Waals surface area contributed by atoms with Crippen LogP contribution in [0.15, 0.2) is 18.2 Å². The number of aliphatic hydroxyl groups excluding tert-OH is 1. The number of aliphatic hydroxyl groups is 1. The average molecular weight is 290 g/mol. The van der Waals surface area contributed by atoms with Gasteiger partial charge in [-0.1, -0.05) is 26.8 Å². The molecule has 1 N–H and O–H groups in total. The molecule has 2 rings (SSSR count). The first-order valence-corrected chi connectivity index (χ1v) is 8.32. The van der Waals surface area contributed by atoms with E-state index in [1.54, 1.807) is 0 Å². The topological polar surface area (TPSA) is 36.4 Å². The zero-order valence-corrected chi connectivity index (χ0v) is 13.9. The smallest absolute Gasteiger partial charge is 0.0585 e. The first kappa shape index (κ1) is 16.4. The van der Waals surface area contributed by atoms with E-state index in [1.165, 1.54) is 6.42 Å². The number of rotatable bonds is 5. The summed E-state index contributed by atoms with van der Waals surface area (Å²) in [7, 11) is 0. The van der Waals surface area contributed by atoms with Crippen LogP contribution in [0.4, 0.5) is 0 Å². The quantitative estimate of drug-likeness (QED) is 0.904. The Balaban J connectivity index is 1.98. The Labute approximate surface area is 129 Å². The van der Waals surface area contributed by atoms with Crippen LogP contribution in [0.3, 0.4) is 0 Å². The van der Waals surface area contributed by atoms with Crippen molar-refractivity contribution in [1.82, 2.24) is 9.88 Å². The van der Waals surface area contributed by atoms with E-state index in [1.807, 2.05) is 13.0 Å². The van der Waals surface area contributed by atoms with Gasteiger partial charge in [0, 0.05) is 24.7 Å². The number of hydrogen-bond acceptors (Lipinski definition) is 3. The number of aryl methyl sites for hydroxylation is 1. The third-order valence-electron chi connectivity index (χ3n) is 4.89. The van der Waals surface area contributed by atoms with Crippen LogP contribution in [0, 0.1) is 24.7 Å². The van der Waals surface area contributed by atoms with Gasteiger partial charge in [-0.15, -0.1) is 0 Å². The molecule has 0 bridgehead atoms. The van der Waals surface area contributed by atoms with E-state index < -0.39 is 0 Å². The fourth-order valence-corrected chi connectivity index (χ4v) is 3.69. The Hall–Kier alpha value is -0.930. The molecule has 3 heteroatoms. The monoisotopic (exact) mass is 290 g/mol. The molecule has 21 heavy (non-hydrogen) atoms. The maximum atomic E-state index is 10.4. The molecule has 1 aliphatic rings. The predicted octanol–water partition coefficient (Wildman–Crippen LogP) is 3.26. The van der Waals surface area contributed by atoms with E-state index >= 15 is 0 Å². The highest BCUT2D eigenvalue weighted by atomic mass is 16.3. The molecule has 1 aromatic rings. The van der Waals surface area contributed by atoms with Gasteiger partial charge < -0.3 is 5.11 Å². The predicted molar refractivity (Wildman–Crippen MR) is 87.0 cm³/mol. The minimum absolute atomic E-state index is 0.150. The van der Waals surface area contributed by atoms with Crippen LogP contribution >= 0.6 is 0 Å². The van der Waals surface area contributed by atoms with Crippen molar-refractivity contribution in [3.63, 3.8) is 0 Å². The number of nitrogens with zero attached hydrogens (tertiary/aromatic N) is 2. The van der Waals surface area contributed by atoms with Crippen molar-refractivity contribution in [3.8, 4) is 0 Å². The lowest BCUT2D eigenvalue weighted by atomic mass is 9.73. The molecule has 0 saturated heterocycles. The van der Waals surface area contributed by atoms with Gasteiger partial charge in [-0.2, -0.15) is 0 Å². The molecule has 0 aliphatic heterocycles. The second kappa shape index (κ2) is 7.37. The van der Waals surface area contributed by atoms with Gasteiger partial charge in [0.1, 0.15) is 0 Å². The van der Waals surface area contributed by atoms with Crippen LogP contribution in [-0.4, -0.2) is 34.2 Å². The lowest BCUT2D eigenvalue weighted by molar-refractivity contribution is -0.00269. The summed E-state index contributed by atoms with van der Waals surface area (Å²) in [5.41, 5.74) is 2.20. The van der Waals surface area contributed by atoms with Crippen molar-refractivity contribution >= 4 is 0 Å². The Bertz CT molecular complexity index is 437. The summed E-state index contributed by atoms with van der Waals surface area (Å²) >= 11 is 0. The van der Waals surface area contributed by atoms with E-state index in [4.69, 9.17) is 0 Å². The first-order chi connectivity index (χ1) is 9.99. The zero-order valence-electron chi connectivity index (χ0n) is 13.9. The minimum atomic E-state index is -0.150. The van der Waals surface area contributed by atoms with E-state index in [2.05, 4.69) is 42.8 Å². The first-order valence-electron chi connectivity index (χ1n) is 8.32. The number of aromatic nitrogens is 1. The SMILES string of the molecule is CCN(Cc1cccc(C)n1)CC1C(C)CC(C)CC1O. The molecule has 1 saturated carbocycles. The van der Waals surface area contributed by atoms with Gasteiger partial charge in [0.2, 0.25) is 0 Å². The van der Waals surface area contributed by atoms with Gasteiger partial charge in [-0.3, -0.25) is 9.88 Å². The molecule has 1 aliphatic carbocycles. The Kier molecular flexibility index (Phi) is 5.77. The third kappa shape index (κ3) is 4.52. The number of hydrogen-bond donors (Lipinski definition) is 1. The maximum absolute atomic E-state index is 10.4. The normalized spacial score (nSPS) is 29.8. The lowest BCUT2D eigenvalue weighted by Crippen LogP contribution is -2.42. The molecule has 1 heterocycles. The second-order valence-electron chi connectivity index (χ2n) is 6.88. The van der Waals surface area contributed by atoms with Gasteiger partial charge in [0.15, 0.2) is 0 Å². The Morgan fingerprint density at radius 3 is 2.67 bits per heavy atom. The highest BCUT2D eigenvalue weighted by molar-refractivity contribution is 5.09. The molecule has 1 aromatic heterocycles. The van der Waals surface area contributed by atoms with Crippen LogP contribution < -0.4 is 0 Å². The highest BCUT2D eigenvalue weighted by Crippen LogP contribution is 2.34. The molecule has 1 fully saturated rings. The van der Waals surface area contributed by atoms with E-state index in [0.29, 0.717) is 17.8 Å². The molecule has 4 unspecified atom stereocenters. The van der Waals surface area contributed by atoms with Crippen molar-refractivity contribution in [3.05, 3.63) is 29.6 Å². The summed E-state index contributed by atoms with van der Waals surface area (Å²) in [6, 6.07) is 6.21. The fraction of sp³-hybridized carbons (Fsp3) is 0.722. The van der Waals surface area contributed by atoms with Crippen LogP contribution in [-0.2, 0) is 6.54 Å². The largest absolute Gasteiger partial charge is 0.393 e. The van der Waals surface area contributed by atoms with Gasteiger partial charge >= 0.3 is 0 Å². The van der Waals surface area contributed by atoms with Crippen LogP contribution in [0.25, 0.3) is 0 Å². The maximum Gasteiger partial charge on any atom is 0.0585 e. The van der Waals surface area contributed by atoms with Gasteiger partial charge in [-0.25, -0.2) is 0 Å². The van der Waals surface area contributed by atoms with E-state index in [9.17, 15) is 5.11 Å². The van der Waals surface area contributed by atoms with E-state index in [-0.39, 0.29) is 6.10 Å². The van der Waals surface area contributed by atoms with Crippen molar-refractivity contribution in [2.45, 2.75) is 53.2 Å². The highest BCUT2D eigenvalue weighted by Gasteiger charge is 2.33. The summed E-state index contributed by atoms with van der Waals surface area (Å²) in [5.74, 6) is 1.65. The second-order valence-corrected chi connectivity index (χ2v) is 6.88. The molecule has 0 radical (unpaired) electrons. The van der Waals surface area contributed by atoms with Crippen molar-refractivity contribution < 1.29 is 5.11 Å². The molecule has 0 amide bonds. The fourth-order valence-electron chi connectivity index (χ4n) is 3.69. The van der Waals surface area contributed by atoms with Crippen molar-refractivity contribution in [1.29, 1.82) is 0 Å². The minimum Gasteiger partial charge on any atom is -0.393 e.